The lowest BCUT2D eigenvalue weighted by atomic mass is 10.1. The molecule has 4 nitrogen and oxygen atoms in total. The monoisotopic (exact) mass is 414 g/mol. The molecule has 1 aliphatic rings. The second-order valence-electron chi connectivity index (χ2n) is 6.66. The molecule has 3 aromatic heterocycles. The average Bonchev–Trinajstić information content (AvgIpc) is 3.40. The number of hydrogen-bond donors (Lipinski definition) is 2. The Labute approximate surface area is 170 Å². The van der Waals surface area contributed by atoms with Crippen molar-refractivity contribution in [3.63, 3.8) is 0 Å². The van der Waals surface area contributed by atoms with Gasteiger partial charge in [0.1, 0.15) is 24.2 Å². The molecule has 2 N–H and O–H groups in total. The summed E-state index contributed by atoms with van der Waals surface area (Å²) in [6, 6.07) is 10.6. The summed E-state index contributed by atoms with van der Waals surface area (Å²) in [7, 11) is 0. The molecule has 138 valence electrons. The van der Waals surface area contributed by atoms with Crippen molar-refractivity contribution in [2.45, 2.75) is 32.4 Å². The van der Waals surface area contributed by atoms with E-state index >= 15 is 0 Å². The Morgan fingerprint density at radius 1 is 1.15 bits per heavy atom. The highest BCUT2D eigenvalue weighted by Crippen LogP contribution is 2.38. The summed E-state index contributed by atoms with van der Waals surface area (Å²) in [5.41, 5.74) is 1.83. The predicted molar refractivity (Wildman–Crippen MR) is 112 cm³/mol. The van der Waals surface area contributed by atoms with Crippen molar-refractivity contribution in [3.05, 3.63) is 60.8 Å². The van der Waals surface area contributed by atoms with Gasteiger partial charge in [-0.3, -0.25) is 4.79 Å². The van der Waals surface area contributed by atoms with E-state index in [4.69, 9.17) is 0 Å². The third kappa shape index (κ3) is 4.30. The van der Waals surface area contributed by atoms with Crippen LogP contribution in [0.25, 0.3) is 0 Å². The van der Waals surface area contributed by atoms with Crippen LogP contribution in [0.3, 0.4) is 0 Å². The zero-order chi connectivity index (χ0) is 18.6. The molecule has 7 heteroatoms. The van der Waals surface area contributed by atoms with E-state index in [0.717, 1.165) is 42.9 Å². The molecular formula is C20H20N3OS3+. The van der Waals surface area contributed by atoms with Crippen LogP contribution in [-0.4, -0.2) is 12.5 Å². The standard InChI is InChI=1S/C20H19N3OS3/c21-10-17-16-6-1-7-18(16)27-20(17)22-19(24)13-23(11-14-4-2-8-25-14)12-15-5-3-9-26-15/h2-5,8-9H,1,6-7,11-13H2,(H,22,24)/p+1. The SMILES string of the molecule is N#Cc1c(NC(=O)C[NH+](Cc2cccs2)Cc2cccs2)sc2c1CCC2. The molecule has 0 fully saturated rings. The average molecular weight is 415 g/mol. The number of nitrogens with zero attached hydrogens (tertiary/aromatic N) is 1. The Hall–Kier alpha value is -1.98. The van der Waals surface area contributed by atoms with Crippen molar-refractivity contribution in [2.75, 3.05) is 11.9 Å². The quantitative estimate of drug-likeness (QED) is 0.622. The summed E-state index contributed by atoms with van der Waals surface area (Å²) in [5, 5.41) is 17.4. The second kappa shape index (κ2) is 8.36. The minimum Gasteiger partial charge on any atom is -0.318 e. The molecule has 3 heterocycles. The van der Waals surface area contributed by atoms with Crippen LogP contribution in [0.4, 0.5) is 5.00 Å². The van der Waals surface area contributed by atoms with Crippen LogP contribution in [0.15, 0.2) is 35.0 Å². The lowest BCUT2D eigenvalue weighted by Crippen LogP contribution is -3.10. The molecule has 4 rings (SSSR count). The van der Waals surface area contributed by atoms with Gasteiger partial charge in [-0.05, 0) is 47.7 Å². The van der Waals surface area contributed by atoms with Gasteiger partial charge in [0, 0.05) is 4.88 Å². The van der Waals surface area contributed by atoms with Crippen molar-refractivity contribution >= 4 is 44.9 Å². The maximum absolute atomic E-state index is 12.7. The maximum atomic E-state index is 12.7. The van der Waals surface area contributed by atoms with E-state index in [-0.39, 0.29) is 5.91 Å². The normalized spacial score (nSPS) is 12.9. The highest BCUT2D eigenvalue weighted by molar-refractivity contribution is 7.16. The molecule has 0 aliphatic heterocycles. The number of rotatable bonds is 7. The molecule has 0 saturated heterocycles. The number of quaternary nitrogens is 1. The molecule has 27 heavy (non-hydrogen) atoms. The summed E-state index contributed by atoms with van der Waals surface area (Å²) in [5.74, 6) is -0.0189. The number of carbonyl (C=O) groups excluding carboxylic acids is 1. The molecule has 0 saturated carbocycles. The van der Waals surface area contributed by atoms with Crippen LogP contribution in [0.5, 0.6) is 0 Å². The summed E-state index contributed by atoms with van der Waals surface area (Å²) >= 11 is 5.03. The highest BCUT2D eigenvalue weighted by atomic mass is 32.1. The largest absolute Gasteiger partial charge is 0.318 e. The lowest BCUT2D eigenvalue weighted by Gasteiger charge is -2.17. The highest BCUT2D eigenvalue weighted by Gasteiger charge is 2.24. The number of carbonyl (C=O) groups is 1. The molecule has 1 aliphatic carbocycles. The van der Waals surface area contributed by atoms with Crippen molar-refractivity contribution in [1.82, 2.24) is 0 Å². The zero-order valence-electron chi connectivity index (χ0n) is 14.8. The Morgan fingerprint density at radius 3 is 2.44 bits per heavy atom. The molecule has 0 unspecified atom stereocenters. The number of nitriles is 1. The number of aryl methyl sites for hydroxylation is 1. The van der Waals surface area contributed by atoms with Crippen molar-refractivity contribution < 1.29 is 9.69 Å². The zero-order valence-corrected chi connectivity index (χ0v) is 17.2. The predicted octanol–water partition coefficient (Wildman–Crippen LogP) is 3.46. The lowest BCUT2D eigenvalue weighted by molar-refractivity contribution is -0.918. The van der Waals surface area contributed by atoms with Crippen LogP contribution >= 0.6 is 34.0 Å². The van der Waals surface area contributed by atoms with Gasteiger partial charge in [-0.1, -0.05) is 12.1 Å². The summed E-state index contributed by atoms with van der Waals surface area (Å²) in [4.78, 5) is 17.8. The first-order chi connectivity index (χ1) is 13.2. The van der Waals surface area contributed by atoms with Gasteiger partial charge in [-0.25, -0.2) is 0 Å². The van der Waals surface area contributed by atoms with E-state index < -0.39 is 0 Å². The first-order valence-electron chi connectivity index (χ1n) is 8.95. The van der Waals surface area contributed by atoms with Gasteiger partial charge in [0.2, 0.25) is 0 Å². The molecule has 0 aromatic carbocycles. The summed E-state index contributed by atoms with van der Waals surface area (Å²) in [6.45, 7) is 2.05. The second-order valence-corrected chi connectivity index (χ2v) is 9.83. The first-order valence-corrected chi connectivity index (χ1v) is 11.5. The summed E-state index contributed by atoms with van der Waals surface area (Å²) < 4.78 is 0. The molecule has 0 bridgehead atoms. The van der Waals surface area contributed by atoms with Crippen molar-refractivity contribution in [3.8, 4) is 6.07 Å². The van der Waals surface area contributed by atoms with Crippen molar-refractivity contribution in [2.24, 2.45) is 0 Å². The topological polar surface area (TPSA) is 57.3 Å². The molecule has 0 radical (unpaired) electrons. The molecule has 1 amide bonds. The number of fused-ring (bicyclic) bond motifs is 1. The first kappa shape index (κ1) is 18.4. The van der Waals surface area contributed by atoms with E-state index in [1.165, 1.54) is 19.5 Å². The van der Waals surface area contributed by atoms with E-state index in [1.54, 1.807) is 34.0 Å². The minimum absolute atomic E-state index is 0.0189. The number of thiophene rings is 3. The van der Waals surface area contributed by atoms with E-state index in [2.05, 4.69) is 46.4 Å². The van der Waals surface area contributed by atoms with E-state index in [0.29, 0.717) is 12.1 Å². The van der Waals surface area contributed by atoms with Crippen molar-refractivity contribution in [1.29, 1.82) is 5.26 Å². The number of hydrogen-bond acceptors (Lipinski definition) is 5. The molecule has 3 aromatic rings. The fraction of sp³-hybridized carbons (Fsp3) is 0.300. The molecule has 0 spiro atoms. The van der Waals surface area contributed by atoms with Gasteiger partial charge in [0.15, 0.2) is 6.54 Å². The Bertz CT molecular complexity index is 915. The van der Waals surface area contributed by atoms with Crippen LogP contribution in [0.1, 0.15) is 32.2 Å². The van der Waals surface area contributed by atoms with E-state index in [1.807, 2.05) is 0 Å². The third-order valence-corrected chi connectivity index (χ3v) is 7.67. The van der Waals surface area contributed by atoms with Gasteiger partial charge < -0.3 is 10.2 Å². The summed E-state index contributed by atoms with van der Waals surface area (Å²) in [6.07, 6.45) is 3.10. The van der Waals surface area contributed by atoms with Gasteiger partial charge in [0.05, 0.1) is 15.3 Å². The van der Waals surface area contributed by atoms with Crippen LogP contribution < -0.4 is 10.2 Å². The minimum atomic E-state index is -0.0189. The van der Waals surface area contributed by atoms with Gasteiger partial charge in [0.25, 0.3) is 5.91 Å². The van der Waals surface area contributed by atoms with Gasteiger partial charge in [-0.2, -0.15) is 5.26 Å². The Morgan fingerprint density at radius 2 is 1.85 bits per heavy atom. The van der Waals surface area contributed by atoms with E-state index in [9.17, 15) is 10.1 Å². The van der Waals surface area contributed by atoms with Crippen LogP contribution in [-0.2, 0) is 30.7 Å². The van der Waals surface area contributed by atoms with Crippen LogP contribution in [0, 0.1) is 11.3 Å². The fourth-order valence-electron chi connectivity index (χ4n) is 3.52. The molecule has 0 atom stereocenters. The van der Waals surface area contributed by atoms with Gasteiger partial charge >= 0.3 is 0 Å². The maximum Gasteiger partial charge on any atom is 0.280 e. The van der Waals surface area contributed by atoms with Crippen LogP contribution in [0.2, 0.25) is 0 Å². The fourth-order valence-corrected chi connectivity index (χ4v) is 6.32. The Balaban J connectivity index is 1.46. The van der Waals surface area contributed by atoms with Gasteiger partial charge in [-0.15, -0.1) is 34.0 Å². The Kier molecular flexibility index (Phi) is 5.69. The number of amides is 1. The smallest absolute Gasteiger partial charge is 0.280 e. The number of anilines is 1. The number of nitrogens with one attached hydrogen (secondary N) is 2. The molecular weight excluding hydrogens is 394 g/mol. The third-order valence-electron chi connectivity index (χ3n) is 4.71.